The Kier molecular flexibility index (Phi) is 1.35. The van der Waals surface area contributed by atoms with Crippen molar-refractivity contribution in [2.75, 3.05) is 0 Å². The van der Waals surface area contributed by atoms with E-state index in [4.69, 9.17) is 11.6 Å². The summed E-state index contributed by atoms with van der Waals surface area (Å²) in [4.78, 5) is 0. The van der Waals surface area contributed by atoms with Crippen LogP contribution in [-0.2, 0) is 0 Å². The first-order valence-corrected chi connectivity index (χ1v) is 2.73. The lowest BCUT2D eigenvalue weighted by Crippen LogP contribution is -1.54. The van der Waals surface area contributed by atoms with E-state index in [1.807, 2.05) is 0 Å². The molecule has 0 atom stereocenters. The normalized spacial score (nSPS) is 9.43. The van der Waals surface area contributed by atoms with Gasteiger partial charge in [-0.1, -0.05) is 16.8 Å². The fourth-order valence-corrected chi connectivity index (χ4v) is 0.463. The number of nitrogens with zero attached hydrogens (tertiary/aromatic N) is 1. The Morgan fingerprint density at radius 1 is 1.86 bits per heavy atom. The molecule has 7 heavy (non-hydrogen) atoms. The summed E-state index contributed by atoms with van der Waals surface area (Å²) in [6.45, 7) is 0. The monoisotopic (exact) mass is 181 g/mol. The van der Waals surface area contributed by atoms with Gasteiger partial charge in [0, 0.05) is 0 Å². The molecule has 0 saturated carbocycles. The molecular weight excluding hydrogens is 181 g/mol. The van der Waals surface area contributed by atoms with Gasteiger partial charge >= 0.3 is 0 Å². The summed E-state index contributed by atoms with van der Waals surface area (Å²) in [5.74, 6) is 0. The van der Waals surface area contributed by atoms with E-state index in [2.05, 4.69) is 25.6 Å². The van der Waals surface area contributed by atoms with E-state index in [9.17, 15) is 0 Å². The maximum atomic E-state index is 5.42. The first kappa shape index (κ1) is 5.12. The van der Waals surface area contributed by atoms with Crippen LogP contribution in [-0.4, -0.2) is 5.16 Å². The molecule has 0 aliphatic carbocycles. The Hall–Kier alpha value is -0.0200. The van der Waals surface area contributed by atoms with Gasteiger partial charge in [-0.15, -0.1) is 0 Å². The van der Waals surface area contributed by atoms with E-state index in [-0.39, 0.29) is 0 Å². The predicted molar refractivity (Wildman–Crippen MR) is 29.2 cm³/mol. The van der Waals surface area contributed by atoms with Gasteiger partial charge in [0.1, 0.15) is 11.3 Å². The highest BCUT2D eigenvalue weighted by atomic mass is 79.9. The zero-order chi connectivity index (χ0) is 5.28. The van der Waals surface area contributed by atoms with Crippen LogP contribution in [0.1, 0.15) is 0 Å². The Morgan fingerprint density at radius 2 is 2.57 bits per heavy atom. The van der Waals surface area contributed by atoms with Crippen molar-refractivity contribution in [1.29, 1.82) is 0 Å². The molecule has 0 unspecified atom stereocenters. The van der Waals surface area contributed by atoms with E-state index in [0.29, 0.717) is 9.63 Å². The maximum Gasteiger partial charge on any atom is 0.167 e. The summed E-state index contributed by atoms with van der Waals surface area (Å²) in [5.41, 5.74) is 0. The Balaban J connectivity index is 3.12. The fourth-order valence-electron chi connectivity index (χ4n) is 0.211. The van der Waals surface area contributed by atoms with E-state index in [1.165, 1.54) is 6.26 Å². The highest BCUT2D eigenvalue weighted by molar-refractivity contribution is 9.10. The van der Waals surface area contributed by atoms with Crippen LogP contribution in [0, 0.1) is 0 Å². The second-order valence-electron chi connectivity index (χ2n) is 0.953. The molecule has 4 heteroatoms. The largest absolute Gasteiger partial charge is 0.362 e. The lowest BCUT2D eigenvalue weighted by molar-refractivity contribution is 0.415. The number of halogens is 2. The van der Waals surface area contributed by atoms with Crippen LogP contribution in [0.3, 0.4) is 0 Å². The van der Waals surface area contributed by atoms with E-state index in [1.54, 1.807) is 0 Å². The molecule has 38 valence electrons. The number of hydrogen-bond acceptors (Lipinski definition) is 2. The molecule has 1 heterocycles. The second-order valence-corrected chi connectivity index (χ2v) is 2.11. The summed E-state index contributed by atoms with van der Waals surface area (Å²) in [6, 6.07) is 0. The first-order valence-electron chi connectivity index (χ1n) is 1.56. The van der Waals surface area contributed by atoms with Crippen molar-refractivity contribution in [1.82, 2.24) is 5.16 Å². The molecule has 1 aromatic heterocycles. The van der Waals surface area contributed by atoms with Crippen molar-refractivity contribution >= 4 is 27.5 Å². The SMILES string of the molecule is Clc1conc1Br. The summed E-state index contributed by atoms with van der Waals surface area (Å²) in [6.07, 6.45) is 1.35. The van der Waals surface area contributed by atoms with Crippen molar-refractivity contribution in [3.05, 3.63) is 15.9 Å². The quantitative estimate of drug-likeness (QED) is 0.614. The lowest BCUT2D eigenvalue weighted by Gasteiger charge is -1.68. The van der Waals surface area contributed by atoms with Crippen LogP contribution in [0.4, 0.5) is 0 Å². The van der Waals surface area contributed by atoms with Gasteiger partial charge in [-0.2, -0.15) is 0 Å². The molecular formula is C3HBrClNO. The van der Waals surface area contributed by atoms with Crippen molar-refractivity contribution in [2.24, 2.45) is 0 Å². The molecule has 0 aliphatic rings. The van der Waals surface area contributed by atoms with E-state index in [0.717, 1.165) is 0 Å². The fraction of sp³-hybridized carbons (Fsp3) is 0. The molecule has 0 amide bonds. The highest BCUT2D eigenvalue weighted by Crippen LogP contribution is 2.18. The average Bonchev–Trinajstić information content (AvgIpc) is 1.91. The lowest BCUT2D eigenvalue weighted by atomic mass is 10.8. The molecule has 0 bridgehead atoms. The molecule has 1 rings (SSSR count). The predicted octanol–water partition coefficient (Wildman–Crippen LogP) is 2.09. The van der Waals surface area contributed by atoms with Gasteiger partial charge < -0.3 is 4.52 Å². The second kappa shape index (κ2) is 1.84. The van der Waals surface area contributed by atoms with Gasteiger partial charge in [-0.05, 0) is 15.9 Å². The van der Waals surface area contributed by atoms with Crippen LogP contribution in [0.5, 0.6) is 0 Å². The molecule has 2 nitrogen and oxygen atoms in total. The van der Waals surface area contributed by atoms with E-state index < -0.39 is 0 Å². The summed E-state index contributed by atoms with van der Waals surface area (Å²) in [5, 5.41) is 3.93. The third kappa shape index (κ3) is 0.951. The smallest absolute Gasteiger partial charge is 0.167 e. The van der Waals surface area contributed by atoms with Crippen LogP contribution >= 0.6 is 27.5 Å². The van der Waals surface area contributed by atoms with Gasteiger partial charge in [-0.25, -0.2) is 0 Å². The number of aromatic nitrogens is 1. The van der Waals surface area contributed by atoms with Crippen LogP contribution in [0.15, 0.2) is 15.4 Å². The third-order valence-corrected chi connectivity index (χ3v) is 1.55. The summed E-state index contributed by atoms with van der Waals surface area (Å²) >= 11 is 8.45. The third-order valence-electron chi connectivity index (χ3n) is 0.486. The summed E-state index contributed by atoms with van der Waals surface area (Å²) in [7, 11) is 0. The summed E-state index contributed by atoms with van der Waals surface area (Å²) < 4.78 is 4.97. The minimum Gasteiger partial charge on any atom is -0.362 e. The number of rotatable bonds is 0. The van der Waals surface area contributed by atoms with Gasteiger partial charge in [0.05, 0.1) is 0 Å². The minimum absolute atomic E-state index is 0.500. The molecule has 0 radical (unpaired) electrons. The standard InChI is InChI=1S/C3HBrClNO/c4-3-2(5)1-7-6-3/h1H. The molecule has 0 saturated heterocycles. The van der Waals surface area contributed by atoms with Gasteiger partial charge in [0.25, 0.3) is 0 Å². The zero-order valence-corrected chi connectivity index (χ0v) is 5.53. The maximum absolute atomic E-state index is 5.42. The molecule has 0 aromatic carbocycles. The number of hydrogen-bond donors (Lipinski definition) is 0. The minimum atomic E-state index is 0.500. The van der Waals surface area contributed by atoms with Gasteiger partial charge in [0.15, 0.2) is 4.60 Å². The zero-order valence-electron chi connectivity index (χ0n) is 3.19. The Morgan fingerprint density at radius 3 is 2.71 bits per heavy atom. The van der Waals surface area contributed by atoms with Crippen molar-refractivity contribution < 1.29 is 4.52 Å². The topological polar surface area (TPSA) is 26.0 Å². The molecule has 1 aromatic rings. The molecule has 0 N–H and O–H groups in total. The first-order chi connectivity index (χ1) is 3.30. The highest BCUT2D eigenvalue weighted by Gasteiger charge is 1.96. The van der Waals surface area contributed by atoms with Crippen LogP contribution in [0.25, 0.3) is 0 Å². The van der Waals surface area contributed by atoms with Crippen molar-refractivity contribution in [3.8, 4) is 0 Å². The van der Waals surface area contributed by atoms with Gasteiger partial charge in [-0.3, -0.25) is 0 Å². The van der Waals surface area contributed by atoms with Crippen molar-refractivity contribution in [2.45, 2.75) is 0 Å². The Labute approximate surface area is 53.6 Å². The molecule has 0 spiro atoms. The average molecular weight is 182 g/mol. The van der Waals surface area contributed by atoms with Gasteiger partial charge in [0.2, 0.25) is 0 Å². The van der Waals surface area contributed by atoms with Crippen LogP contribution in [0.2, 0.25) is 5.02 Å². The Bertz CT molecular complexity index is 147. The van der Waals surface area contributed by atoms with Crippen molar-refractivity contribution in [3.63, 3.8) is 0 Å². The van der Waals surface area contributed by atoms with Crippen LogP contribution < -0.4 is 0 Å². The molecule has 0 aliphatic heterocycles. The molecule has 0 fully saturated rings. The van der Waals surface area contributed by atoms with E-state index >= 15 is 0 Å².